The van der Waals surface area contributed by atoms with Crippen LogP contribution in [0.15, 0.2) is 50.9 Å². The molecule has 2 N–H and O–H groups in total. The van der Waals surface area contributed by atoms with Gasteiger partial charge in [0.25, 0.3) is 5.56 Å². The van der Waals surface area contributed by atoms with E-state index in [1.165, 1.54) is 28.0 Å². The number of H-pyrrole nitrogens is 1. The van der Waals surface area contributed by atoms with E-state index in [-0.39, 0.29) is 52.9 Å². The van der Waals surface area contributed by atoms with E-state index in [0.717, 1.165) is 44.1 Å². The summed E-state index contributed by atoms with van der Waals surface area (Å²) in [6.45, 7) is 11.6. The van der Waals surface area contributed by atoms with E-state index in [2.05, 4.69) is 27.0 Å². The molecule has 2 saturated heterocycles. The third kappa shape index (κ3) is 8.59. The molecule has 0 radical (unpaired) electrons. The molecule has 3 aliphatic rings. The number of ether oxygens (including phenoxy) is 2. The smallest absolute Gasteiger partial charge is 0.343 e. The Hall–Kier alpha value is -4.86. The van der Waals surface area contributed by atoms with Crippen LogP contribution in [-0.2, 0) is 22.4 Å². The maximum absolute atomic E-state index is 16.5. The Morgan fingerprint density at radius 2 is 1.77 bits per heavy atom. The van der Waals surface area contributed by atoms with Gasteiger partial charge in [-0.1, -0.05) is 13.0 Å². The molecule has 56 heavy (non-hydrogen) atoms. The number of aryl methyl sites for hydroxylation is 2. The van der Waals surface area contributed by atoms with Gasteiger partial charge in [0.05, 0.1) is 24.1 Å². The van der Waals surface area contributed by atoms with Gasteiger partial charge in [0, 0.05) is 75.8 Å². The van der Waals surface area contributed by atoms with Crippen LogP contribution in [0.3, 0.4) is 0 Å². The van der Waals surface area contributed by atoms with E-state index in [1.54, 1.807) is 9.47 Å². The summed E-state index contributed by atoms with van der Waals surface area (Å²) in [6.07, 6.45) is 5.07. The van der Waals surface area contributed by atoms with Gasteiger partial charge in [-0.15, -0.1) is 0 Å². The molecule has 300 valence electrons. The molecule has 1 atom stereocenters. The number of anilines is 3. The zero-order valence-corrected chi connectivity index (χ0v) is 32.4. The van der Waals surface area contributed by atoms with Crippen LogP contribution in [0.4, 0.5) is 26.0 Å². The van der Waals surface area contributed by atoms with E-state index >= 15 is 8.78 Å². The quantitative estimate of drug-likeness (QED) is 0.139. The first-order valence-electron chi connectivity index (χ1n) is 19.8. The van der Waals surface area contributed by atoms with Gasteiger partial charge < -0.3 is 24.3 Å². The number of morpholine rings is 1. The summed E-state index contributed by atoms with van der Waals surface area (Å²) >= 11 is 0. The number of unbranched alkanes of at least 4 members (excludes halogenated alkanes) is 1. The second-order valence-corrected chi connectivity index (χ2v) is 15.2. The standard InChI is InChI=1S/C41H51F2N7O6/c1-4-28-21-29(8-7-26(28)2)44-34-23-35(51)49(41(54)45-34)12-6-5-11-47-13-14-48(24-27(47)3)38-33(42)22-31-37(36(38)43)50(30-9-10-30)25-32(39(31)52)40(53)56-20-17-46-15-18-55-19-16-46/h7-8,21-23,25,27,30,44H,4-6,9-20,24H2,1-3H3,(H,45,54). The van der Waals surface area contributed by atoms with Gasteiger partial charge in [-0.2, -0.15) is 0 Å². The van der Waals surface area contributed by atoms with Crippen LogP contribution >= 0.6 is 0 Å². The van der Waals surface area contributed by atoms with Crippen LogP contribution in [0.1, 0.15) is 67.1 Å². The van der Waals surface area contributed by atoms with Crippen LogP contribution in [-0.4, -0.2) is 102 Å². The average Bonchev–Trinajstić information content (AvgIpc) is 4.02. The lowest BCUT2D eigenvalue weighted by Crippen LogP contribution is -2.52. The van der Waals surface area contributed by atoms with E-state index < -0.39 is 28.7 Å². The third-order valence-corrected chi connectivity index (χ3v) is 11.3. The highest BCUT2D eigenvalue weighted by molar-refractivity contribution is 5.95. The molecule has 4 aromatic rings. The Morgan fingerprint density at radius 3 is 2.48 bits per heavy atom. The number of aromatic nitrogens is 3. The van der Waals surface area contributed by atoms with E-state index in [1.807, 2.05) is 32.0 Å². The fourth-order valence-electron chi connectivity index (χ4n) is 7.88. The van der Waals surface area contributed by atoms with E-state index in [0.29, 0.717) is 64.6 Å². The number of piperazine rings is 1. The van der Waals surface area contributed by atoms with Crippen molar-refractivity contribution in [3.05, 3.63) is 95.9 Å². The van der Waals surface area contributed by atoms with Crippen molar-refractivity contribution in [1.29, 1.82) is 0 Å². The molecule has 7 rings (SSSR count). The lowest BCUT2D eigenvalue weighted by molar-refractivity contribution is 0.0195. The predicted octanol–water partition coefficient (Wildman–Crippen LogP) is 4.56. The van der Waals surface area contributed by atoms with Gasteiger partial charge >= 0.3 is 11.7 Å². The number of aromatic amines is 1. The van der Waals surface area contributed by atoms with Crippen LogP contribution in [0, 0.1) is 18.6 Å². The maximum Gasteiger partial charge on any atom is 0.343 e. The molecule has 3 fully saturated rings. The molecule has 2 aliphatic heterocycles. The second kappa shape index (κ2) is 17.1. The molecule has 15 heteroatoms. The van der Waals surface area contributed by atoms with Gasteiger partial charge in [0.1, 0.15) is 29.5 Å². The number of rotatable bonds is 14. The summed E-state index contributed by atoms with van der Waals surface area (Å²) in [7, 11) is 0. The van der Waals surface area contributed by atoms with Crippen molar-refractivity contribution in [3.63, 3.8) is 0 Å². The highest BCUT2D eigenvalue weighted by Crippen LogP contribution is 2.40. The number of carbonyl (C=O) groups excluding carboxylic acids is 1. The molecule has 1 unspecified atom stereocenters. The summed E-state index contributed by atoms with van der Waals surface area (Å²) < 4.78 is 46.0. The fourth-order valence-corrected chi connectivity index (χ4v) is 7.88. The van der Waals surface area contributed by atoms with Crippen LogP contribution in [0.5, 0.6) is 0 Å². The number of benzene rings is 2. The molecule has 4 heterocycles. The first-order valence-corrected chi connectivity index (χ1v) is 19.8. The summed E-state index contributed by atoms with van der Waals surface area (Å²) in [5.41, 5.74) is 1.14. The van der Waals surface area contributed by atoms with Crippen molar-refractivity contribution >= 4 is 34.1 Å². The molecule has 2 aromatic heterocycles. The average molecular weight is 776 g/mol. The molecule has 1 saturated carbocycles. The molecule has 2 aromatic carbocycles. The van der Waals surface area contributed by atoms with Crippen molar-refractivity contribution < 1.29 is 23.0 Å². The number of nitrogens with one attached hydrogen (secondary N) is 2. The monoisotopic (exact) mass is 775 g/mol. The maximum atomic E-state index is 16.5. The zero-order valence-electron chi connectivity index (χ0n) is 32.4. The van der Waals surface area contributed by atoms with Crippen molar-refractivity contribution in [2.75, 3.05) is 75.9 Å². The highest BCUT2D eigenvalue weighted by atomic mass is 19.1. The first-order chi connectivity index (χ1) is 27.0. The minimum absolute atomic E-state index is 0.00340. The number of esters is 1. The first kappa shape index (κ1) is 39.4. The largest absolute Gasteiger partial charge is 0.461 e. The second-order valence-electron chi connectivity index (χ2n) is 15.2. The fraction of sp³-hybridized carbons (Fsp3) is 0.512. The Balaban J connectivity index is 0.970. The van der Waals surface area contributed by atoms with Crippen molar-refractivity contribution in [2.24, 2.45) is 0 Å². The van der Waals surface area contributed by atoms with Crippen molar-refractivity contribution in [1.82, 2.24) is 23.9 Å². The number of fused-ring (bicyclic) bond motifs is 1. The summed E-state index contributed by atoms with van der Waals surface area (Å²) in [5, 5.41) is 2.96. The molecule has 0 spiro atoms. The zero-order chi connectivity index (χ0) is 39.5. The van der Waals surface area contributed by atoms with Gasteiger partial charge in [-0.3, -0.25) is 28.9 Å². The van der Waals surface area contributed by atoms with Crippen molar-refractivity contribution in [2.45, 2.75) is 71.5 Å². The molecule has 13 nitrogen and oxygen atoms in total. The van der Waals surface area contributed by atoms with Gasteiger partial charge in [-0.25, -0.2) is 18.4 Å². The van der Waals surface area contributed by atoms with Crippen LogP contribution in [0.2, 0.25) is 0 Å². The molecule has 0 bridgehead atoms. The number of halogens is 2. The Morgan fingerprint density at radius 1 is 1.00 bits per heavy atom. The van der Waals surface area contributed by atoms with Crippen LogP contribution in [0.25, 0.3) is 10.9 Å². The lowest BCUT2D eigenvalue weighted by atomic mass is 10.1. The van der Waals surface area contributed by atoms with E-state index in [9.17, 15) is 19.2 Å². The van der Waals surface area contributed by atoms with Crippen LogP contribution < -0.4 is 26.9 Å². The lowest BCUT2D eigenvalue weighted by Gasteiger charge is -2.41. The SMILES string of the molecule is CCc1cc(Nc2cc(=O)n(CCCCN3CCN(c4c(F)cc5c(=O)c(C(=O)OCCN6CCOCC6)cn(C6CC6)c5c4F)CC3C)c(=O)[nH]2)ccc1C. The number of nitrogens with zero attached hydrogens (tertiary/aromatic N) is 5. The molecule has 1 aliphatic carbocycles. The predicted molar refractivity (Wildman–Crippen MR) is 212 cm³/mol. The van der Waals surface area contributed by atoms with Gasteiger partial charge in [0.2, 0.25) is 5.43 Å². The molecular formula is C41H51F2N7O6. The Bertz CT molecular complexity index is 2230. The number of pyridine rings is 1. The Kier molecular flexibility index (Phi) is 12.0. The Labute approximate surface area is 323 Å². The minimum atomic E-state index is -0.852. The number of hydrogen-bond donors (Lipinski definition) is 2. The van der Waals surface area contributed by atoms with Gasteiger partial charge in [-0.05, 0) is 81.8 Å². The normalized spacial score (nSPS) is 18.1. The number of carbonyl (C=O) groups is 1. The summed E-state index contributed by atoms with van der Waals surface area (Å²) in [5.74, 6) is -2.13. The molecular weight excluding hydrogens is 724 g/mol. The summed E-state index contributed by atoms with van der Waals surface area (Å²) in [6, 6.07) is 8.22. The van der Waals surface area contributed by atoms with E-state index in [4.69, 9.17) is 9.47 Å². The minimum Gasteiger partial charge on any atom is -0.461 e. The highest BCUT2D eigenvalue weighted by Gasteiger charge is 2.33. The third-order valence-electron chi connectivity index (χ3n) is 11.3. The number of hydrogen-bond acceptors (Lipinski definition) is 10. The topological polar surface area (TPSA) is 134 Å². The van der Waals surface area contributed by atoms with Gasteiger partial charge in [0.15, 0.2) is 5.82 Å². The molecule has 0 amide bonds. The summed E-state index contributed by atoms with van der Waals surface area (Å²) in [4.78, 5) is 61.1. The van der Waals surface area contributed by atoms with Crippen molar-refractivity contribution in [3.8, 4) is 0 Å².